The van der Waals surface area contributed by atoms with E-state index >= 15 is 0 Å². The second kappa shape index (κ2) is 8.26. The van der Waals surface area contributed by atoms with Crippen molar-refractivity contribution in [3.8, 4) is 0 Å². The van der Waals surface area contributed by atoms with Crippen molar-refractivity contribution in [2.45, 2.75) is 45.8 Å². The maximum Gasteiger partial charge on any atom is 0.0801 e. The molecule has 0 amide bonds. The summed E-state index contributed by atoms with van der Waals surface area (Å²) in [5.74, 6) is 0. The summed E-state index contributed by atoms with van der Waals surface area (Å²) in [6.07, 6.45) is 2.69. The molecule has 2 unspecified atom stereocenters. The largest absolute Gasteiger partial charge is 0.369 e. The van der Waals surface area contributed by atoms with Crippen molar-refractivity contribution >= 4 is 0 Å². The zero-order valence-electron chi connectivity index (χ0n) is 11.3. The molecule has 1 rings (SSSR count). The second-order valence-corrected chi connectivity index (χ2v) is 4.42. The van der Waals surface area contributed by atoms with Crippen molar-refractivity contribution in [1.82, 2.24) is 5.32 Å². The zero-order valence-corrected chi connectivity index (χ0v) is 11.3. The average Bonchev–Trinajstić information content (AvgIpc) is 2.38. The molecule has 0 aliphatic carbocycles. The summed E-state index contributed by atoms with van der Waals surface area (Å²) in [5.41, 5.74) is 1.25. The summed E-state index contributed by atoms with van der Waals surface area (Å²) in [5, 5.41) is 3.42. The van der Waals surface area contributed by atoms with Gasteiger partial charge in [0.1, 0.15) is 0 Å². The Kier molecular flexibility index (Phi) is 6.90. The first-order chi connectivity index (χ1) is 8.27. The molecule has 0 aliphatic heterocycles. The van der Waals surface area contributed by atoms with Crippen LogP contribution in [0.3, 0.4) is 0 Å². The smallest absolute Gasteiger partial charge is 0.0801 e. The molecule has 0 spiro atoms. The van der Waals surface area contributed by atoms with E-state index in [0.717, 1.165) is 19.5 Å². The Labute approximate surface area is 105 Å². The highest BCUT2D eigenvalue weighted by atomic mass is 16.5. The van der Waals surface area contributed by atoms with Crippen molar-refractivity contribution in [1.29, 1.82) is 0 Å². The van der Waals surface area contributed by atoms with Gasteiger partial charge in [0.25, 0.3) is 0 Å². The molecule has 0 saturated carbocycles. The quantitative estimate of drug-likeness (QED) is 0.696. The van der Waals surface area contributed by atoms with Crippen molar-refractivity contribution < 1.29 is 4.74 Å². The van der Waals surface area contributed by atoms with Gasteiger partial charge >= 0.3 is 0 Å². The lowest BCUT2D eigenvalue weighted by molar-refractivity contribution is -0.00441. The van der Waals surface area contributed by atoms with E-state index in [9.17, 15) is 0 Å². The maximum absolute atomic E-state index is 6.07. The first kappa shape index (κ1) is 14.2. The van der Waals surface area contributed by atoms with E-state index < -0.39 is 0 Å². The van der Waals surface area contributed by atoms with Gasteiger partial charge in [0.15, 0.2) is 0 Å². The van der Waals surface area contributed by atoms with Crippen LogP contribution in [0, 0.1) is 0 Å². The molecule has 2 nitrogen and oxygen atoms in total. The molecule has 96 valence electrons. The van der Waals surface area contributed by atoms with E-state index in [1.54, 1.807) is 0 Å². The van der Waals surface area contributed by atoms with Crippen LogP contribution in [0.15, 0.2) is 30.3 Å². The lowest BCUT2D eigenvalue weighted by atomic mass is 10.1. The fraction of sp³-hybridized carbons (Fsp3) is 0.600. The summed E-state index contributed by atoms with van der Waals surface area (Å²) in [6, 6.07) is 10.4. The van der Waals surface area contributed by atoms with Gasteiger partial charge in [0.05, 0.1) is 12.2 Å². The van der Waals surface area contributed by atoms with Crippen LogP contribution in [0.1, 0.15) is 45.3 Å². The van der Waals surface area contributed by atoms with Gasteiger partial charge in [-0.2, -0.15) is 0 Å². The minimum Gasteiger partial charge on any atom is -0.369 e. The van der Waals surface area contributed by atoms with Gasteiger partial charge in [0, 0.05) is 6.54 Å². The number of rotatable bonds is 8. The van der Waals surface area contributed by atoms with Crippen LogP contribution in [0.4, 0.5) is 0 Å². The number of hydrogen-bond donors (Lipinski definition) is 1. The van der Waals surface area contributed by atoms with E-state index in [1.807, 2.05) is 6.07 Å². The van der Waals surface area contributed by atoms with Gasteiger partial charge in [0.2, 0.25) is 0 Å². The third kappa shape index (κ3) is 5.33. The molecule has 1 aromatic rings. The molecule has 1 N–H and O–H groups in total. The summed E-state index contributed by atoms with van der Waals surface area (Å²) in [7, 11) is 0. The zero-order chi connectivity index (χ0) is 12.5. The summed E-state index contributed by atoms with van der Waals surface area (Å²) >= 11 is 0. The van der Waals surface area contributed by atoms with E-state index in [4.69, 9.17) is 4.74 Å². The predicted molar refractivity (Wildman–Crippen MR) is 73.2 cm³/mol. The number of benzene rings is 1. The molecule has 0 bridgehead atoms. The van der Waals surface area contributed by atoms with E-state index in [1.165, 1.54) is 12.0 Å². The summed E-state index contributed by atoms with van der Waals surface area (Å²) in [4.78, 5) is 0. The van der Waals surface area contributed by atoms with E-state index in [-0.39, 0.29) is 6.10 Å². The summed E-state index contributed by atoms with van der Waals surface area (Å²) in [6.45, 7) is 8.50. The monoisotopic (exact) mass is 235 g/mol. The fourth-order valence-corrected chi connectivity index (χ4v) is 1.82. The van der Waals surface area contributed by atoms with Gasteiger partial charge in [-0.1, -0.05) is 44.2 Å². The average molecular weight is 235 g/mol. The number of ether oxygens (including phenoxy) is 1. The minimum atomic E-state index is 0.171. The minimum absolute atomic E-state index is 0.171. The van der Waals surface area contributed by atoms with E-state index in [2.05, 4.69) is 50.4 Å². The molecule has 2 atom stereocenters. The SMILES string of the molecule is CCCNCC(CC)OC(C)c1ccccc1. The third-order valence-electron chi connectivity index (χ3n) is 2.92. The van der Waals surface area contributed by atoms with E-state index in [0.29, 0.717) is 6.10 Å². The lowest BCUT2D eigenvalue weighted by Gasteiger charge is -2.22. The van der Waals surface area contributed by atoms with Crippen LogP contribution in [0.2, 0.25) is 0 Å². The molecular formula is C15H25NO. The van der Waals surface area contributed by atoms with Crippen LogP contribution < -0.4 is 5.32 Å². The molecule has 0 heterocycles. The molecule has 1 aromatic carbocycles. The van der Waals surface area contributed by atoms with Gasteiger partial charge in [-0.05, 0) is 31.9 Å². The Morgan fingerprint density at radius 2 is 1.88 bits per heavy atom. The first-order valence-electron chi connectivity index (χ1n) is 6.69. The molecule has 0 saturated heterocycles. The Morgan fingerprint density at radius 3 is 2.47 bits per heavy atom. The Bertz CT molecular complexity index is 286. The molecule has 17 heavy (non-hydrogen) atoms. The van der Waals surface area contributed by atoms with Gasteiger partial charge in [-0.3, -0.25) is 0 Å². The highest BCUT2D eigenvalue weighted by Crippen LogP contribution is 2.18. The predicted octanol–water partition coefficient (Wildman–Crippen LogP) is 3.54. The highest BCUT2D eigenvalue weighted by Gasteiger charge is 2.12. The fourth-order valence-electron chi connectivity index (χ4n) is 1.82. The lowest BCUT2D eigenvalue weighted by Crippen LogP contribution is -2.30. The topological polar surface area (TPSA) is 21.3 Å². The Hall–Kier alpha value is -0.860. The second-order valence-electron chi connectivity index (χ2n) is 4.42. The van der Waals surface area contributed by atoms with Crippen LogP contribution in [-0.4, -0.2) is 19.2 Å². The van der Waals surface area contributed by atoms with Crippen LogP contribution in [0.25, 0.3) is 0 Å². The Balaban J connectivity index is 2.39. The molecule has 0 fully saturated rings. The molecule has 0 aromatic heterocycles. The van der Waals surface area contributed by atoms with Crippen molar-refractivity contribution in [2.75, 3.05) is 13.1 Å². The molecule has 2 heteroatoms. The molecular weight excluding hydrogens is 210 g/mol. The molecule has 0 radical (unpaired) electrons. The standard InChI is InChI=1S/C15H25NO/c1-4-11-16-12-15(5-2)17-13(3)14-9-7-6-8-10-14/h6-10,13,15-16H,4-5,11-12H2,1-3H3. The summed E-state index contributed by atoms with van der Waals surface area (Å²) < 4.78 is 6.07. The van der Waals surface area contributed by atoms with Crippen molar-refractivity contribution in [2.24, 2.45) is 0 Å². The normalized spacial score (nSPS) is 14.5. The third-order valence-corrected chi connectivity index (χ3v) is 2.92. The van der Waals surface area contributed by atoms with Crippen molar-refractivity contribution in [3.05, 3.63) is 35.9 Å². The number of nitrogens with one attached hydrogen (secondary N) is 1. The van der Waals surface area contributed by atoms with Crippen LogP contribution in [-0.2, 0) is 4.74 Å². The van der Waals surface area contributed by atoms with Gasteiger partial charge in [-0.15, -0.1) is 0 Å². The number of hydrogen-bond acceptors (Lipinski definition) is 2. The van der Waals surface area contributed by atoms with Gasteiger partial charge in [-0.25, -0.2) is 0 Å². The first-order valence-corrected chi connectivity index (χ1v) is 6.69. The van der Waals surface area contributed by atoms with Gasteiger partial charge < -0.3 is 10.1 Å². The Morgan fingerprint density at radius 1 is 1.18 bits per heavy atom. The molecule has 0 aliphatic rings. The highest BCUT2D eigenvalue weighted by molar-refractivity contribution is 5.16. The van der Waals surface area contributed by atoms with Crippen LogP contribution >= 0.6 is 0 Å². The maximum atomic E-state index is 6.07. The van der Waals surface area contributed by atoms with Crippen molar-refractivity contribution in [3.63, 3.8) is 0 Å². The van der Waals surface area contributed by atoms with Crippen LogP contribution in [0.5, 0.6) is 0 Å².